The first kappa shape index (κ1) is 16.1. The quantitative estimate of drug-likeness (QED) is 0.432. The first-order chi connectivity index (χ1) is 11.9. The Morgan fingerprint density at radius 1 is 0.960 bits per heavy atom. The third-order valence-corrected chi connectivity index (χ3v) is 3.66. The molecule has 0 radical (unpaired) electrons. The van der Waals surface area contributed by atoms with Crippen LogP contribution in [0.4, 0.5) is 22.7 Å². The molecule has 0 amide bonds. The summed E-state index contributed by atoms with van der Waals surface area (Å²) in [6.07, 6.45) is 0. The number of benzene rings is 2. The first-order valence-electron chi connectivity index (χ1n) is 7.00. The van der Waals surface area contributed by atoms with Crippen molar-refractivity contribution in [2.24, 2.45) is 17.3 Å². The molecule has 10 heteroatoms. The lowest BCUT2D eigenvalue weighted by molar-refractivity contribution is -0.385. The monoisotopic (exact) mass is 341 g/mol. The molecule has 1 N–H and O–H groups in total. The molecule has 2 aromatic carbocycles. The van der Waals surface area contributed by atoms with Gasteiger partial charge in [-0.2, -0.15) is 5.11 Å². The molecule has 3 rings (SSSR count). The highest BCUT2D eigenvalue weighted by molar-refractivity contribution is 5.96. The fourth-order valence-corrected chi connectivity index (χ4v) is 2.36. The van der Waals surface area contributed by atoms with Crippen LogP contribution in [0.15, 0.2) is 52.7 Å². The van der Waals surface area contributed by atoms with E-state index in [1.807, 2.05) is 0 Å². The maximum atomic E-state index is 10.9. The summed E-state index contributed by atoms with van der Waals surface area (Å²) in [5.74, 6) is -0.193. The van der Waals surface area contributed by atoms with E-state index in [0.29, 0.717) is 16.6 Å². The van der Waals surface area contributed by atoms with E-state index in [1.54, 1.807) is 7.05 Å². The molecule has 0 atom stereocenters. The van der Waals surface area contributed by atoms with E-state index >= 15 is 0 Å². The molecular formula is C15H11N5O5. The van der Waals surface area contributed by atoms with Crippen LogP contribution in [0.3, 0.4) is 0 Å². The second kappa shape index (κ2) is 6.00. The molecule has 3 aromatic rings. The second-order valence-corrected chi connectivity index (χ2v) is 5.16. The molecule has 126 valence electrons. The van der Waals surface area contributed by atoms with Gasteiger partial charge < -0.3 is 9.67 Å². The minimum absolute atomic E-state index is 0.0809. The molecule has 0 fully saturated rings. The van der Waals surface area contributed by atoms with Crippen molar-refractivity contribution in [3.63, 3.8) is 0 Å². The highest BCUT2D eigenvalue weighted by Crippen LogP contribution is 2.40. The minimum atomic E-state index is -0.541. The van der Waals surface area contributed by atoms with Gasteiger partial charge in [0.15, 0.2) is 5.69 Å². The number of nitro benzene ring substituents is 2. The van der Waals surface area contributed by atoms with Gasteiger partial charge in [0.2, 0.25) is 5.88 Å². The lowest BCUT2D eigenvalue weighted by Gasteiger charge is -1.96. The molecule has 0 aliphatic carbocycles. The lowest BCUT2D eigenvalue weighted by Crippen LogP contribution is -1.88. The number of fused-ring (bicyclic) bond motifs is 1. The van der Waals surface area contributed by atoms with Crippen molar-refractivity contribution in [1.82, 2.24) is 4.57 Å². The molecule has 0 spiro atoms. The Labute approximate surface area is 140 Å². The predicted octanol–water partition coefficient (Wildman–Crippen LogP) is 4.12. The van der Waals surface area contributed by atoms with Gasteiger partial charge in [-0.1, -0.05) is 0 Å². The molecule has 1 aromatic heterocycles. The van der Waals surface area contributed by atoms with Gasteiger partial charge in [0.25, 0.3) is 11.4 Å². The number of rotatable bonds is 4. The van der Waals surface area contributed by atoms with Gasteiger partial charge in [0, 0.05) is 36.7 Å². The zero-order chi connectivity index (χ0) is 18.1. The number of aromatic hydroxyl groups is 1. The third kappa shape index (κ3) is 2.87. The third-order valence-electron chi connectivity index (χ3n) is 3.66. The zero-order valence-corrected chi connectivity index (χ0v) is 12.9. The summed E-state index contributed by atoms with van der Waals surface area (Å²) in [4.78, 5) is 20.5. The van der Waals surface area contributed by atoms with E-state index in [2.05, 4.69) is 10.2 Å². The van der Waals surface area contributed by atoms with E-state index in [1.165, 1.54) is 47.0 Å². The number of aromatic nitrogens is 1. The van der Waals surface area contributed by atoms with Crippen molar-refractivity contribution in [3.8, 4) is 5.88 Å². The van der Waals surface area contributed by atoms with Crippen LogP contribution in [0.1, 0.15) is 0 Å². The molecule has 0 aliphatic heterocycles. The van der Waals surface area contributed by atoms with Gasteiger partial charge in [-0.05, 0) is 18.2 Å². The largest absolute Gasteiger partial charge is 0.493 e. The van der Waals surface area contributed by atoms with Crippen molar-refractivity contribution in [2.45, 2.75) is 0 Å². The fraction of sp³-hybridized carbons (Fsp3) is 0.0667. The number of hydrogen-bond acceptors (Lipinski definition) is 7. The van der Waals surface area contributed by atoms with Crippen LogP contribution in [-0.2, 0) is 7.05 Å². The van der Waals surface area contributed by atoms with Crippen LogP contribution >= 0.6 is 0 Å². The number of hydrogen-bond donors (Lipinski definition) is 1. The molecule has 25 heavy (non-hydrogen) atoms. The van der Waals surface area contributed by atoms with Crippen molar-refractivity contribution in [3.05, 3.63) is 62.7 Å². The second-order valence-electron chi connectivity index (χ2n) is 5.16. The van der Waals surface area contributed by atoms with Crippen LogP contribution in [0.25, 0.3) is 10.9 Å². The van der Waals surface area contributed by atoms with Crippen molar-refractivity contribution < 1.29 is 15.0 Å². The Hall–Kier alpha value is -3.82. The summed E-state index contributed by atoms with van der Waals surface area (Å²) in [5, 5.41) is 40.0. The van der Waals surface area contributed by atoms with E-state index in [-0.39, 0.29) is 22.9 Å². The van der Waals surface area contributed by atoms with Crippen LogP contribution in [0.5, 0.6) is 5.88 Å². The minimum Gasteiger partial charge on any atom is -0.493 e. The molecular weight excluding hydrogens is 330 g/mol. The fourth-order valence-electron chi connectivity index (χ4n) is 2.36. The van der Waals surface area contributed by atoms with Gasteiger partial charge in [-0.3, -0.25) is 20.2 Å². The normalized spacial score (nSPS) is 11.2. The molecule has 10 nitrogen and oxygen atoms in total. The molecule has 0 bridgehead atoms. The predicted molar refractivity (Wildman–Crippen MR) is 88.5 cm³/mol. The number of azo groups is 1. The maximum absolute atomic E-state index is 10.9. The smallest absolute Gasteiger partial charge is 0.270 e. The summed E-state index contributed by atoms with van der Waals surface area (Å²) in [6, 6.07) is 9.53. The van der Waals surface area contributed by atoms with Crippen LogP contribution in [0, 0.1) is 20.2 Å². The maximum Gasteiger partial charge on any atom is 0.270 e. The molecule has 0 saturated carbocycles. The van der Waals surface area contributed by atoms with Crippen molar-refractivity contribution >= 4 is 33.7 Å². The number of non-ortho nitro benzene ring substituents is 2. The van der Waals surface area contributed by atoms with Gasteiger partial charge in [-0.25, -0.2) is 0 Å². The highest BCUT2D eigenvalue weighted by Gasteiger charge is 2.17. The average molecular weight is 341 g/mol. The van der Waals surface area contributed by atoms with Gasteiger partial charge >= 0.3 is 0 Å². The zero-order valence-electron chi connectivity index (χ0n) is 12.9. The lowest BCUT2D eigenvalue weighted by atomic mass is 10.2. The Morgan fingerprint density at radius 3 is 2.16 bits per heavy atom. The van der Waals surface area contributed by atoms with Crippen LogP contribution < -0.4 is 0 Å². The average Bonchev–Trinajstić information content (AvgIpc) is 2.84. The van der Waals surface area contributed by atoms with Crippen LogP contribution in [-0.4, -0.2) is 19.5 Å². The Kier molecular flexibility index (Phi) is 3.85. The Morgan fingerprint density at radius 2 is 1.56 bits per heavy atom. The van der Waals surface area contributed by atoms with Gasteiger partial charge in [0.05, 0.1) is 21.1 Å². The summed E-state index contributed by atoms with van der Waals surface area (Å²) in [5.41, 5.74) is 0.764. The van der Waals surface area contributed by atoms with Crippen LogP contribution in [0.2, 0.25) is 0 Å². The SMILES string of the molecule is Cn1c(O)c(N=Nc2ccc([N+](=O)[O-])cc2)c2cc([N+](=O)[O-])ccc21. The van der Waals surface area contributed by atoms with Gasteiger partial charge in [-0.15, -0.1) is 5.11 Å². The molecule has 1 heterocycles. The highest BCUT2D eigenvalue weighted by atomic mass is 16.6. The number of nitro groups is 2. The van der Waals surface area contributed by atoms with Crippen molar-refractivity contribution in [1.29, 1.82) is 0 Å². The molecule has 0 saturated heterocycles. The standard InChI is InChI=1S/C15H11N5O5/c1-18-13-7-6-11(20(24)25)8-12(13)14(15(18)21)17-16-9-2-4-10(5-3-9)19(22)23/h2-8,21H,1H3. The number of aryl methyl sites for hydroxylation is 1. The van der Waals surface area contributed by atoms with E-state index in [9.17, 15) is 25.3 Å². The Bertz CT molecular complexity index is 1020. The summed E-state index contributed by atoms with van der Waals surface area (Å²) >= 11 is 0. The summed E-state index contributed by atoms with van der Waals surface area (Å²) in [6.45, 7) is 0. The molecule has 0 unspecified atom stereocenters. The van der Waals surface area contributed by atoms with E-state index < -0.39 is 9.85 Å². The Balaban J connectivity index is 2.05. The van der Waals surface area contributed by atoms with E-state index in [4.69, 9.17) is 0 Å². The van der Waals surface area contributed by atoms with Gasteiger partial charge in [0.1, 0.15) is 0 Å². The topological polar surface area (TPSA) is 136 Å². The summed E-state index contributed by atoms with van der Waals surface area (Å²) in [7, 11) is 1.59. The summed E-state index contributed by atoms with van der Waals surface area (Å²) < 4.78 is 1.43. The molecule has 0 aliphatic rings. The first-order valence-corrected chi connectivity index (χ1v) is 7.00. The van der Waals surface area contributed by atoms with Crippen molar-refractivity contribution in [2.75, 3.05) is 0 Å². The van der Waals surface area contributed by atoms with E-state index in [0.717, 1.165) is 0 Å². The number of nitrogens with zero attached hydrogens (tertiary/aromatic N) is 5.